The summed E-state index contributed by atoms with van der Waals surface area (Å²) in [5.41, 5.74) is 3.09. The van der Waals surface area contributed by atoms with Crippen LogP contribution in [-0.4, -0.2) is 33.9 Å². The van der Waals surface area contributed by atoms with E-state index in [-0.39, 0.29) is 11.8 Å². The van der Waals surface area contributed by atoms with Crippen molar-refractivity contribution < 1.29 is 9.21 Å². The first-order valence-electron chi connectivity index (χ1n) is 9.19. The average Bonchev–Trinajstić information content (AvgIpc) is 3.24. The number of carbonyl (C=O) groups excluding carboxylic acids is 1. The van der Waals surface area contributed by atoms with Crippen LogP contribution in [0.4, 0.5) is 11.6 Å². The van der Waals surface area contributed by atoms with Gasteiger partial charge < -0.3 is 14.6 Å². The number of piperidine rings is 1. The van der Waals surface area contributed by atoms with Gasteiger partial charge in [-0.05, 0) is 49.6 Å². The Morgan fingerprint density at radius 1 is 1.22 bits per heavy atom. The molecule has 1 atom stereocenters. The van der Waals surface area contributed by atoms with Crippen LogP contribution >= 0.6 is 0 Å². The highest BCUT2D eigenvalue weighted by Gasteiger charge is 2.27. The summed E-state index contributed by atoms with van der Waals surface area (Å²) in [7, 11) is 0. The van der Waals surface area contributed by atoms with E-state index >= 15 is 0 Å². The van der Waals surface area contributed by atoms with E-state index in [1.165, 1.54) is 6.26 Å². The van der Waals surface area contributed by atoms with E-state index < -0.39 is 0 Å². The average molecular weight is 362 g/mol. The summed E-state index contributed by atoms with van der Waals surface area (Å²) in [5.74, 6) is 1.10. The Morgan fingerprint density at radius 3 is 2.93 bits per heavy atom. The van der Waals surface area contributed by atoms with Crippen molar-refractivity contribution in [2.24, 2.45) is 0 Å². The second kappa shape index (κ2) is 7.61. The van der Waals surface area contributed by atoms with Crippen molar-refractivity contribution in [2.75, 3.05) is 18.4 Å². The smallest absolute Gasteiger partial charge is 0.289 e. The van der Waals surface area contributed by atoms with Crippen LogP contribution < -0.4 is 5.32 Å². The second-order valence-electron chi connectivity index (χ2n) is 6.81. The van der Waals surface area contributed by atoms with Crippen LogP contribution in [-0.2, 0) is 0 Å². The number of rotatable bonds is 4. The lowest BCUT2D eigenvalue weighted by Crippen LogP contribution is -2.39. The van der Waals surface area contributed by atoms with Crippen molar-refractivity contribution in [3.8, 4) is 0 Å². The van der Waals surface area contributed by atoms with Gasteiger partial charge in [-0.3, -0.25) is 4.79 Å². The van der Waals surface area contributed by atoms with Gasteiger partial charge in [0.25, 0.3) is 5.91 Å². The molecule has 27 heavy (non-hydrogen) atoms. The van der Waals surface area contributed by atoms with Crippen molar-refractivity contribution in [3.05, 3.63) is 71.9 Å². The molecule has 0 saturated carbocycles. The topological polar surface area (TPSA) is 71.3 Å². The molecule has 1 unspecified atom stereocenters. The zero-order valence-electron chi connectivity index (χ0n) is 15.3. The largest absolute Gasteiger partial charge is 0.459 e. The number of nitrogens with zero attached hydrogens (tertiary/aromatic N) is 3. The third kappa shape index (κ3) is 3.84. The zero-order valence-corrected chi connectivity index (χ0v) is 15.3. The maximum Gasteiger partial charge on any atom is 0.289 e. The molecule has 0 radical (unpaired) electrons. The summed E-state index contributed by atoms with van der Waals surface area (Å²) in [5, 5.41) is 3.29. The first-order chi connectivity index (χ1) is 13.2. The first-order valence-corrected chi connectivity index (χ1v) is 9.19. The summed E-state index contributed by atoms with van der Waals surface area (Å²) < 4.78 is 5.26. The summed E-state index contributed by atoms with van der Waals surface area (Å²) in [6, 6.07) is 13.4. The predicted molar refractivity (Wildman–Crippen MR) is 103 cm³/mol. The van der Waals surface area contributed by atoms with Crippen LogP contribution in [0.2, 0.25) is 0 Å². The van der Waals surface area contributed by atoms with Crippen molar-refractivity contribution >= 4 is 17.5 Å². The Kier molecular flexibility index (Phi) is 4.87. The van der Waals surface area contributed by atoms with Crippen molar-refractivity contribution in [3.63, 3.8) is 0 Å². The molecule has 3 heterocycles. The maximum absolute atomic E-state index is 12.6. The number of aryl methyl sites for hydroxylation is 1. The van der Waals surface area contributed by atoms with Crippen molar-refractivity contribution in [1.82, 2.24) is 14.9 Å². The summed E-state index contributed by atoms with van der Waals surface area (Å²) >= 11 is 0. The Labute approximate surface area is 158 Å². The Bertz CT molecular complexity index is 923. The van der Waals surface area contributed by atoms with Crippen LogP contribution in [0.5, 0.6) is 0 Å². The van der Waals surface area contributed by atoms with Gasteiger partial charge in [-0.1, -0.05) is 18.2 Å². The number of furan rings is 1. The van der Waals surface area contributed by atoms with Gasteiger partial charge in [-0.25, -0.2) is 9.97 Å². The van der Waals surface area contributed by atoms with Gasteiger partial charge in [0.1, 0.15) is 0 Å². The number of para-hydroxylation sites is 1. The number of hydrogen-bond donors (Lipinski definition) is 1. The van der Waals surface area contributed by atoms with Gasteiger partial charge in [-0.2, -0.15) is 0 Å². The highest BCUT2D eigenvalue weighted by atomic mass is 16.3. The number of amides is 1. The van der Waals surface area contributed by atoms with Gasteiger partial charge in [0, 0.05) is 30.9 Å². The minimum absolute atomic E-state index is 0.0583. The molecule has 1 amide bonds. The number of aromatic nitrogens is 2. The molecule has 1 N–H and O–H groups in total. The first kappa shape index (κ1) is 17.3. The number of likely N-dealkylation sites (tertiary alicyclic amines) is 1. The summed E-state index contributed by atoms with van der Waals surface area (Å²) in [4.78, 5) is 23.5. The number of anilines is 2. The third-order valence-corrected chi connectivity index (χ3v) is 4.93. The zero-order chi connectivity index (χ0) is 18.6. The molecule has 0 aliphatic carbocycles. The lowest BCUT2D eigenvalue weighted by molar-refractivity contribution is 0.0673. The number of nitrogens with one attached hydrogen (secondary N) is 1. The molecule has 1 aliphatic rings. The fraction of sp³-hybridized carbons (Fsp3) is 0.286. The molecule has 0 spiro atoms. The number of benzene rings is 1. The minimum Gasteiger partial charge on any atom is -0.459 e. The highest BCUT2D eigenvalue weighted by molar-refractivity contribution is 5.91. The van der Waals surface area contributed by atoms with Gasteiger partial charge in [0.2, 0.25) is 5.95 Å². The molecule has 1 fully saturated rings. The predicted octanol–water partition coefficient (Wildman–Crippen LogP) is 4.14. The molecule has 1 aliphatic heterocycles. The van der Waals surface area contributed by atoms with E-state index in [1.807, 2.05) is 42.2 Å². The minimum atomic E-state index is -0.0583. The van der Waals surface area contributed by atoms with E-state index in [9.17, 15) is 4.79 Å². The third-order valence-electron chi connectivity index (χ3n) is 4.93. The Morgan fingerprint density at radius 2 is 2.11 bits per heavy atom. The fourth-order valence-electron chi connectivity index (χ4n) is 3.45. The Hall–Kier alpha value is -3.15. The maximum atomic E-state index is 12.6. The normalized spacial score (nSPS) is 16.9. The van der Waals surface area contributed by atoms with Crippen molar-refractivity contribution in [2.45, 2.75) is 25.7 Å². The van der Waals surface area contributed by atoms with Gasteiger partial charge >= 0.3 is 0 Å². The summed E-state index contributed by atoms with van der Waals surface area (Å²) in [6.45, 7) is 3.43. The molecule has 3 aromatic rings. The fourth-order valence-corrected chi connectivity index (χ4v) is 3.45. The standard InChI is InChI=1S/C21H22N4O2/c1-15-6-2-3-8-17(15)23-21-22-11-10-18(24-21)16-7-4-12-25(14-16)20(26)19-9-5-13-27-19/h2-3,5-6,8-11,13,16H,4,7,12,14H2,1H3,(H,22,23,24). The van der Waals surface area contributed by atoms with Crippen molar-refractivity contribution in [1.29, 1.82) is 0 Å². The quantitative estimate of drug-likeness (QED) is 0.755. The molecule has 4 rings (SSSR count). The lowest BCUT2D eigenvalue weighted by Gasteiger charge is -2.32. The number of hydrogen-bond acceptors (Lipinski definition) is 5. The van der Waals surface area contributed by atoms with Crippen LogP contribution in [0.25, 0.3) is 0 Å². The molecule has 6 nitrogen and oxygen atoms in total. The molecule has 0 bridgehead atoms. The molecular formula is C21H22N4O2. The van der Waals surface area contributed by atoms with Gasteiger partial charge in [-0.15, -0.1) is 0 Å². The van der Waals surface area contributed by atoms with E-state index in [1.54, 1.807) is 18.3 Å². The lowest BCUT2D eigenvalue weighted by atomic mass is 9.94. The van der Waals surface area contributed by atoms with Crippen LogP contribution in [0, 0.1) is 6.92 Å². The van der Waals surface area contributed by atoms with Gasteiger partial charge in [0.15, 0.2) is 5.76 Å². The molecule has 1 saturated heterocycles. The molecule has 1 aromatic carbocycles. The van der Waals surface area contributed by atoms with Crippen LogP contribution in [0.3, 0.4) is 0 Å². The van der Waals surface area contributed by atoms with Gasteiger partial charge in [0.05, 0.1) is 12.0 Å². The number of carbonyl (C=O) groups is 1. The van der Waals surface area contributed by atoms with E-state index in [0.717, 1.165) is 36.3 Å². The monoisotopic (exact) mass is 362 g/mol. The Balaban J connectivity index is 1.50. The van der Waals surface area contributed by atoms with E-state index in [4.69, 9.17) is 9.40 Å². The van der Waals surface area contributed by atoms with E-state index in [2.05, 4.69) is 10.3 Å². The van der Waals surface area contributed by atoms with E-state index in [0.29, 0.717) is 18.3 Å². The second-order valence-corrected chi connectivity index (χ2v) is 6.81. The molecular weight excluding hydrogens is 340 g/mol. The molecule has 138 valence electrons. The SMILES string of the molecule is Cc1ccccc1Nc1nccc(C2CCCN(C(=O)c3ccco3)C2)n1. The summed E-state index contributed by atoms with van der Waals surface area (Å²) in [6.07, 6.45) is 5.25. The molecule has 2 aromatic heterocycles. The van der Waals surface area contributed by atoms with Crippen LogP contribution in [0.15, 0.2) is 59.3 Å². The molecule has 6 heteroatoms. The van der Waals surface area contributed by atoms with Crippen LogP contribution in [0.1, 0.15) is 40.6 Å². The highest BCUT2D eigenvalue weighted by Crippen LogP contribution is 2.27.